The van der Waals surface area contributed by atoms with Gasteiger partial charge in [0.15, 0.2) is 10.8 Å². The largest absolute Gasteiger partial charge is 0.477 e. The maximum atomic E-state index is 11.0. The normalized spacial score (nSPS) is 19.7. The SMILES string of the molecule is C[C@@H]1CCCC[C@H]1Nc1nc2ccc(Oc3ccnc(C(=O)O)c3)cc2s1. The number of benzene rings is 1. The van der Waals surface area contributed by atoms with Crippen LogP contribution in [-0.4, -0.2) is 27.1 Å². The lowest BCUT2D eigenvalue weighted by atomic mass is 9.86. The number of fused-ring (bicyclic) bond motifs is 1. The lowest BCUT2D eigenvalue weighted by molar-refractivity contribution is 0.0690. The van der Waals surface area contributed by atoms with Crippen LogP contribution in [0.1, 0.15) is 43.1 Å². The molecule has 1 aliphatic rings. The van der Waals surface area contributed by atoms with Crippen LogP contribution >= 0.6 is 11.3 Å². The third-order valence-corrected chi connectivity index (χ3v) is 5.92. The van der Waals surface area contributed by atoms with Gasteiger partial charge >= 0.3 is 5.97 Å². The van der Waals surface area contributed by atoms with Crippen LogP contribution in [-0.2, 0) is 0 Å². The lowest BCUT2D eigenvalue weighted by Crippen LogP contribution is -2.30. The number of hydrogen-bond donors (Lipinski definition) is 2. The molecule has 1 aliphatic carbocycles. The van der Waals surface area contributed by atoms with E-state index in [2.05, 4.69) is 17.2 Å². The second kappa shape index (κ2) is 7.52. The predicted molar refractivity (Wildman–Crippen MR) is 106 cm³/mol. The molecule has 0 aliphatic heterocycles. The number of nitrogens with one attached hydrogen (secondary N) is 1. The van der Waals surface area contributed by atoms with Gasteiger partial charge in [-0.25, -0.2) is 14.8 Å². The molecule has 2 atom stereocenters. The molecule has 1 fully saturated rings. The number of ether oxygens (including phenoxy) is 1. The Morgan fingerprint density at radius 1 is 1.22 bits per heavy atom. The zero-order valence-electron chi connectivity index (χ0n) is 15.0. The number of hydrogen-bond acceptors (Lipinski definition) is 6. The molecule has 140 valence electrons. The van der Waals surface area contributed by atoms with Crippen LogP contribution in [0.25, 0.3) is 10.2 Å². The lowest BCUT2D eigenvalue weighted by Gasteiger charge is -2.29. The molecule has 27 heavy (non-hydrogen) atoms. The van der Waals surface area contributed by atoms with E-state index >= 15 is 0 Å². The van der Waals surface area contributed by atoms with E-state index in [0.717, 1.165) is 15.3 Å². The van der Waals surface area contributed by atoms with E-state index < -0.39 is 5.97 Å². The van der Waals surface area contributed by atoms with Gasteiger partial charge in [0.2, 0.25) is 0 Å². The Morgan fingerprint density at radius 3 is 2.85 bits per heavy atom. The van der Waals surface area contributed by atoms with E-state index in [9.17, 15) is 4.79 Å². The highest BCUT2D eigenvalue weighted by Gasteiger charge is 2.22. The monoisotopic (exact) mass is 383 g/mol. The molecule has 0 amide bonds. The molecular weight excluding hydrogens is 362 g/mol. The number of rotatable bonds is 5. The Hall–Kier alpha value is -2.67. The zero-order valence-corrected chi connectivity index (χ0v) is 15.8. The highest BCUT2D eigenvalue weighted by Crippen LogP contribution is 2.33. The van der Waals surface area contributed by atoms with Crippen LogP contribution < -0.4 is 10.1 Å². The summed E-state index contributed by atoms with van der Waals surface area (Å²) < 4.78 is 6.84. The number of pyridine rings is 1. The summed E-state index contributed by atoms with van der Waals surface area (Å²) >= 11 is 1.62. The van der Waals surface area contributed by atoms with Crippen LogP contribution in [0.15, 0.2) is 36.5 Å². The smallest absolute Gasteiger partial charge is 0.354 e. The number of nitrogens with zero attached hydrogens (tertiary/aromatic N) is 2. The van der Waals surface area contributed by atoms with Gasteiger partial charge < -0.3 is 15.2 Å². The zero-order chi connectivity index (χ0) is 18.8. The van der Waals surface area contributed by atoms with Gasteiger partial charge in [0.05, 0.1) is 10.2 Å². The van der Waals surface area contributed by atoms with E-state index in [1.807, 2.05) is 18.2 Å². The number of carboxylic acid groups (broad SMARTS) is 1. The molecule has 4 rings (SSSR count). The van der Waals surface area contributed by atoms with Crippen LogP contribution in [0.4, 0.5) is 5.13 Å². The summed E-state index contributed by atoms with van der Waals surface area (Å²) in [4.78, 5) is 19.5. The highest BCUT2D eigenvalue weighted by atomic mass is 32.1. The molecule has 2 N–H and O–H groups in total. The summed E-state index contributed by atoms with van der Waals surface area (Å²) in [5.41, 5.74) is 0.888. The molecule has 7 heteroatoms. The second-order valence-corrected chi connectivity index (χ2v) is 7.98. The highest BCUT2D eigenvalue weighted by molar-refractivity contribution is 7.22. The summed E-state index contributed by atoms with van der Waals surface area (Å²) in [6, 6.07) is 9.24. The first kappa shape index (κ1) is 17.7. The van der Waals surface area contributed by atoms with Crippen LogP contribution in [0.3, 0.4) is 0 Å². The molecule has 0 radical (unpaired) electrons. The van der Waals surface area contributed by atoms with E-state index in [4.69, 9.17) is 14.8 Å². The van der Waals surface area contributed by atoms with Crippen molar-refractivity contribution < 1.29 is 14.6 Å². The Labute approximate surface area is 161 Å². The maximum Gasteiger partial charge on any atom is 0.354 e. The number of aromatic nitrogens is 2. The molecule has 2 aromatic heterocycles. The maximum absolute atomic E-state index is 11.0. The fraction of sp³-hybridized carbons (Fsp3) is 0.350. The average molecular weight is 383 g/mol. The van der Waals surface area contributed by atoms with Gasteiger partial charge in [-0.2, -0.15) is 0 Å². The third kappa shape index (κ3) is 4.03. The molecule has 3 aromatic rings. The van der Waals surface area contributed by atoms with E-state index in [0.29, 0.717) is 23.5 Å². The predicted octanol–water partition coefficient (Wildman–Crippen LogP) is 5.17. The summed E-state index contributed by atoms with van der Waals surface area (Å²) in [6.45, 7) is 2.30. The molecule has 1 saturated carbocycles. The molecule has 2 heterocycles. The van der Waals surface area contributed by atoms with Crippen molar-refractivity contribution in [1.82, 2.24) is 9.97 Å². The van der Waals surface area contributed by atoms with Crippen LogP contribution in [0.2, 0.25) is 0 Å². The topological polar surface area (TPSA) is 84.3 Å². The molecular formula is C20H21N3O3S. The number of aromatic carboxylic acids is 1. The summed E-state index contributed by atoms with van der Waals surface area (Å²) in [5, 5.41) is 13.6. The van der Waals surface area contributed by atoms with Crippen molar-refractivity contribution in [3.8, 4) is 11.5 Å². The molecule has 0 saturated heterocycles. The Morgan fingerprint density at radius 2 is 2.04 bits per heavy atom. The first-order valence-electron chi connectivity index (χ1n) is 9.13. The first-order valence-corrected chi connectivity index (χ1v) is 9.94. The van der Waals surface area contributed by atoms with Crippen molar-refractivity contribution in [2.45, 2.75) is 38.6 Å². The number of anilines is 1. The Balaban J connectivity index is 1.52. The first-order chi connectivity index (χ1) is 13.1. The summed E-state index contributed by atoms with van der Waals surface area (Å²) in [7, 11) is 0. The molecule has 1 aromatic carbocycles. The van der Waals surface area contributed by atoms with Crippen LogP contribution in [0.5, 0.6) is 11.5 Å². The second-order valence-electron chi connectivity index (χ2n) is 6.95. The minimum atomic E-state index is -1.08. The minimum absolute atomic E-state index is 0.0422. The van der Waals surface area contributed by atoms with E-state index in [-0.39, 0.29) is 5.69 Å². The summed E-state index contributed by atoms with van der Waals surface area (Å²) in [6.07, 6.45) is 6.48. The average Bonchev–Trinajstić information content (AvgIpc) is 3.05. The fourth-order valence-electron chi connectivity index (χ4n) is 3.45. The molecule has 0 spiro atoms. The number of carboxylic acids is 1. The van der Waals surface area contributed by atoms with Gasteiger partial charge in [-0.15, -0.1) is 0 Å². The quantitative estimate of drug-likeness (QED) is 0.632. The standard InChI is InChI=1S/C20H21N3O3S/c1-12-4-2-3-5-15(12)22-20-23-16-7-6-13(11-18(16)27-20)26-14-8-9-21-17(10-14)19(24)25/h6-12,15H,2-5H2,1H3,(H,22,23)(H,24,25)/t12-,15-/m1/s1. The van der Waals surface area contributed by atoms with Gasteiger partial charge in [-0.05, 0) is 37.0 Å². The van der Waals surface area contributed by atoms with Gasteiger partial charge in [0.1, 0.15) is 11.5 Å². The molecule has 0 bridgehead atoms. The number of thiazole rings is 1. The summed E-state index contributed by atoms with van der Waals surface area (Å²) in [5.74, 6) is 0.678. The molecule has 0 unspecified atom stereocenters. The minimum Gasteiger partial charge on any atom is -0.477 e. The van der Waals surface area contributed by atoms with Crippen molar-refractivity contribution in [2.24, 2.45) is 5.92 Å². The van der Waals surface area contributed by atoms with Crippen molar-refractivity contribution in [1.29, 1.82) is 0 Å². The van der Waals surface area contributed by atoms with Gasteiger partial charge in [0.25, 0.3) is 0 Å². The van der Waals surface area contributed by atoms with Crippen molar-refractivity contribution in [3.05, 3.63) is 42.2 Å². The number of carbonyl (C=O) groups is 1. The van der Waals surface area contributed by atoms with Crippen molar-refractivity contribution >= 4 is 32.7 Å². The van der Waals surface area contributed by atoms with Crippen molar-refractivity contribution in [3.63, 3.8) is 0 Å². The van der Waals surface area contributed by atoms with Crippen LogP contribution in [0, 0.1) is 5.92 Å². The third-order valence-electron chi connectivity index (χ3n) is 4.97. The van der Waals surface area contributed by atoms with E-state index in [1.54, 1.807) is 17.4 Å². The Bertz CT molecular complexity index is 972. The van der Waals surface area contributed by atoms with Gasteiger partial charge in [-0.1, -0.05) is 31.1 Å². The van der Waals surface area contributed by atoms with E-state index in [1.165, 1.54) is 37.9 Å². The van der Waals surface area contributed by atoms with Gasteiger partial charge in [-0.3, -0.25) is 0 Å². The van der Waals surface area contributed by atoms with Gasteiger partial charge in [0, 0.05) is 24.4 Å². The Kier molecular flexibility index (Phi) is 4.94. The van der Waals surface area contributed by atoms with Crippen molar-refractivity contribution in [2.75, 3.05) is 5.32 Å². The fourth-order valence-corrected chi connectivity index (χ4v) is 4.40. The molecule has 6 nitrogen and oxygen atoms in total.